The summed E-state index contributed by atoms with van der Waals surface area (Å²) in [6.07, 6.45) is 5.38. The van der Waals surface area contributed by atoms with Gasteiger partial charge in [0.05, 0.1) is 23.8 Å². The van der Waals surface area contributed by atoms with E-state index in [9.17, 15) is 14.3 Å². The molecular formula is C27H33FN4O3S. The molecule has 3 N–H and O–H groups in total. The molecule has 1 saturated heterocycles. The molecular weight excluding hydrogens is 479 g/mol. The van der Waals surface area contributed by atoms with E-state index in [-0.39, 0.29) is 18.3 Å². The van der Waals surface area contributed by atoms with E-state index in [4.69, 9.17) is 10.5 Å². The highest BCUT2D eigenvalue weighted by Gasteiger charge is 2.31. The van der Waals surface area contributed by atoms with E-state index in [1.165, 1.54) is 6.20 Å². The van der Waals surface area contributed by atoms with Gasteiger partial charge in [-0.3, -0.25) is 9.78 Å². The van der Waals surface area contributed by atoms with Gasteiger partial charge >= 0.3 is 5.97 Å². The Bertz CT molecular complexity index is 1170. The number of likely N-dealkylation sites (tertiary alicyclic amines) is 1. The van der Waals surface area contributed by atoms with Crippen molar-refractivity contribution in [1.29, 1.82) is 0 Å². The van der Waals surface area contributed by atoms with Gasteiger partial charge < -0.3 is 20.5 Å². The van der Waals surface area contributed by atoms with Crippen LogP contribution < -0.4 is 10.5 Å². The highest BCUT2D eigenvalue weighted by molar-refractivity contribution is 7.99. The number of thioether (sulfide) groups is 1. The molecule has 36 heavy (non-hydrogen) atoms. The third-order valence-electron chi connectivity index (χ3n) is 6.99. The summed E-state index contributed by atoms with van der Waals surface area (Å²) in [5.41, 5.74) is 7.63. The highest BCUT2D eigenvalue weighted by Crippen LogP contribution is 2.35. The summed E-state index contributed by atoms with van der Waals surface area (Å²) in [5, 5.41) is 11.2. The van der Waals surface area contributed by atoms with Gasteiger partial charge in [-0.1, -0.05) is 6.07 Å². The molecule has 3 aromatic rings. The number of pyridine rings is 2. The second-order valence-corrected chi connectivity index (χ2v) is 10.4. The summed E-state index contributed by atoms with van der Waals surface area (Å²) in [6, 6.07) is 10.7. The minimum Gasteiger partial charge on any atom is -0.497 e. The van der Waals surface area contributed by atoms with Crippen LogP contribution in [0.15, 0.2) is 53.8 Å². The summed E-state index contributed by atoms with van der Waals surface area (Å²) in [5.74, 6) is 0.603. The Morgan fingerprint density at radius 3 is 2.92 bits per heavy atom. The van der Waals surface area contributed by atoms with Crippen molar-refractivity contribution in [3.05, 3.63) is 60.2 Å². The summed E-state index contributed by atoms with van der Waals surface area (Å²) in [4.78, 5) is 22.5. The Kier molecular flexibility index (Phi) is 9.12. The lowest BCUT2D eigenvalue weighted by Crippen LogP contribution is -2.42. The highest BCUT2D eigenvalue weighted by atomic mass is 32.2. The van der Waals surface area contributed by atoms with Gasteiger partial charge in [-0.05, 0) is 68.0 Å². The van der Waals surface area contributed by atoms with Crippen LogP contribution in [0, 0.1) is 17.7 Å². The van der Waals surface area contributed by atoms with Crippen LogP contribution in [0.3, 0.4) is 0 Å². The Morgan fingerprint density at radius 2 is 2.17 bits per heavy atom. The minimum absolute atomic E-state index is 0.0439. The van der Waals surface area contributed by atoms with Crippen molar-refractivity contribution in [3.8, 4) is 5.75 Å². The zero-order chi connectivity index (χ0) is 25.5. The lowest BCUT2D eigenvalue weighted by molar-refractivity contribution is -0.139. The largest absolute Gasteiger partial charge is 0.497 e. The van der Waals surface area contributed by atoms with Gasteiger partial charge in [0.2, 0.25) is 0 Å². The molecule has 0 saturated carbocycles. The smallest absolute Gasteiger partial charge is 0.303 e. The van der Waals surface area contributed by atoms with Gasteiger partial charge in [0.1, 0.15) is 11.6 Å². The fourth-order valence-corrected chi connectivity index (χ4v) is 5.98. The number of nitrogens with two attached hydrogens (primary N) is 1. The monoisotopic (exact) mass is 512 g/mol. The van der Waals surface area contributed by atoms with Crippen LogP contribution in [0.4, 0.5) is 4.39 Å². The molecule has 3 heterocycles. The fourth-order valence-electron chi connectivity index (χ4n) is 5.12. The summed E-state index contributed by atoms with van der Waals surface area (Å²) in [7, 11) is 1.57. The molecule has 0 spiro atoms. The van der Waals surface area contributed by atoms with Crippen molar-refractivity contribution in [2.24, 2.45) is 17.6 Å². The predicted octanol–water partition coefficient (Wildman–Crippen LogP) is 4.76. The molecule has 0 amide bonds. The predicted molar refractivity (Wildman–Crippen MR) is 140 cm³/mol. The Labute approximate surface area is 215 Å². The summed E-state index contributed by atoms with van der Waals surface area (Å²) >= 11 is 1.71. The van der Waals surface area contributed by atoms with E-state index in [1.807, 2.05) is 18.2 Å². The first-order chi connectivity index (χ1) is 17.4. The van der Waals surface area contributed by atoms with Gasteiger partial charge in [0.15, 0.2) is 0 Å². The first-order valence-electron chi connectivity index (χ1n) is 12.3. The van der Waals surface area contributed by atoms with Crippen molar-refractivity contribution in [2.75, 3.05) is 32.5 Å². The number of ether oxygens (including phenoxy) is 1. The van der Waals surface area contributed by atoms with E-state index < -0.39 is 17.8 Å². The zero-order valence-electron chi connectivity index (χ0n) is 20.5. The van der Waals surface area contributed by atoms with E-state index in [0.717, 1.165) is 43.3 Å². The molecule has 0 aliphatic carbocycles. The second kappa shape index (κ2) is 12.5. The number of aliphatic carboxylic acids is 1. The number of rotatable bonds is 11. The molecule has 2 aromatic heterocycles. The molecule has 192 valence electrons. The van der Waals surface area contributed by atoms with Gasteiger partial charge in [0, 0.05) is 48.5 Å². The van der Waals surface area contributed by atoms with E-state index in [2.05, 4.69) is 14.9 Å². The molecule has 0 radical (unpaired) electrons. The van der Waals surface area contributed by atoms with Crippen LogP contribution in [-0.4, -0.2) is 58.4 Å². The van der Waals surface area contributed by atoms with Crippen molar-refractivity contribution in [3.63, 3.8) is 0 Å². The topological polar surface area (TPSA) is 102 Å². The average molecular weight is 513 g/mol. The molecule has 3 unspecified atom stereocenters. The van der Waals surface area contributed by atoms with Crippen LogP contribution in [0.5, 0.6) is 5.75 Å². The molecule has 4 rings (SSSR count). The van der Waals surface area contributed by atoms with E-state index in [1.54, 1.807) is 43.3 Å². The zero-order valence-corrected chi connectivity index (χ0v) is 21.3. The number of carboxylic acids is 1. The van der Waals surface area contributed by atoms with Crippen LogP contribution >= 0.6 is 11.8 Å². The average Bonchev–Trinajstić information content (AvgIpc) is 2.88. The number of piperidine rings is 1. The molecule has 7 nitrogen and oxygen atoms in total. The SMILES string of the molecule is COc1ccc2ncc(F)c(C(N)CCC3CCN(CCSc4ccccn4)CC3CC(=O)O)c2c1. The Balaban J connectivity index is 1.38. The standard InChI is InChI=1S/C27H33FN4O3S/c1-35-20-6-8-24-21(15-20)27(22(28)16-31-24)23(29)7-5-18-9-11-32(17-19(18)14-26(33)34)12-13-36-25-4-2-3-10-30-25/h2-4,6,8,10,15-16,18-19,23H,5,7,9,11-14,17,29H2,1H3,(H,33,34). The van der Waals surface area contributed by atoms with Gasteiger partial charge in [-0.25, -0.2) is 9.37 Å². The van der Waals surface area contributed by atoms with Gasteiger partial charge in [-0.15, -0.1) is 11.8 Å². The number of nitrogens with zero attached hydrogens (tertiary/aromatic N) is 3. The summed E-state index contributed by atoms with van der Waals surface area (Å²) < 4.78 is 20.1. The number of carboxylic acid groups (broad SMARTS) is 1. The number of methoxy groups -OCH3 is 1. The van der Waals surface area contributed by atoms with Gasteiger partial charge in [0.25, 0.3) is 0 Å². The third kappa shape index (κ3) is 6.72. The maximum absolute atomic E-state index is 14.8. The third-order valence-corrected chi connectivity index (χ3v) is 7.92. The van der Waals surface area contributed by atoms with Crippen LogP contribution in [0.1, 0.15) is 37.3 Å². The maximum atomic E-state index is 14.8. The van der Waals surface area contributed by atoms with E-state index in [0.29, 0.717) is 28.6 Å². The first kappa shape index (κ1) is 26.3. The molecule has 0 bridgehead atoms. The number of halogens is 1. The van der Waals surface area contributed by atoms with E-state index >= 15 is 0 Å². The maximum Gasteiger partial charge on any atom is 0.303 e. The van der Waals surface area contributed by atoms with Crippen LogP contribution in [0.25, 0.3) is 10.9 Å². The van der Waals surface area contributed by atoms with Crippen LogP contribution in [0.2, 0.25) is 0 Å². The molecule has 9 heteroatoms. The first-order valence-corrected chi connectivity index (χ1v) is 13.3. The molecule has 1 fully saturated rings. The lowest BCUT2D eigenvalue weighted by atomic mass is 9.79. The number of fused-ring (bicyclic) bond motifs is 1. The Hall–Kier alpha value is -2.75. The molecule has 3 atom stereocenters. The number of hydrogen-bond acceptors (Lipinski definition) is 7. The quantitative estimate of drug-likeness (QED) is 0.355. The number of benzene rings is 1. The Morgan fingerprint density at radius 1 is 1.31 bits per heavy atom. The second-order valence-electron chi connectivity index (χ2n) is 9.31. The number of carbonyl (C=O) groups is 1. The fraction of sp³-hybridized carbons (Fsp3) is 0.444. The van der Waals surface area contributed by atoms with Gasteiger partial charge in [-0.2, -0.15) is 0 Å². The number of hydrogen-bond donors (Lipinski definition) is 2. The molecule has 1 aliphatic rings. The van der Waals surface area contributed by atoms with Crippen molar-refractivity contribution < 1.29 is 19.0 Å². The van der Waals surface area contributed by atoms with Crippen molar-refractivity contribution >= 4 is 28.6 Å². The lowest BCUT2D eigenvalue weighted by Gasteiger charge is -2.38. The van der Waals surface area contributed by atoms with Crippen molar-refractivity contribution in [2.45, 2.75) is 36.8 Å². The summed E-state index contributed by atoms with van der Waals surface area (Å²) in [6.45, 7) is 2.56. The van der Waals surface area contributed by atoms with Crippen molar-refractivity contribution in [1.82, 2.24) is 14.9 Å². The van der Waals surface area contributed by atoms with Crippen LogP contribution in [-0.2, 0) is 4.79 Å². The molecule has 1 aliphatic heterocycles. The number of aromatic nitrogens is 2. The minimum atomic E-state index is -0.780. The molecule has 1 aromatic carbocycles. The normalized spacial score (nSPS) is 19.3.